The topological polar surface area (TPSA) is 58.6 Å². The molecule has 5 heteroatoms. The van der Waals surface area contributed by atoms with E-state index in [1.807, 2.05) is 6.07 Å². The molecule has 140 valence electrons. The van der Waals surface area contributed by atoms with Crippen LogP contribution in [0.25, 0.3) is 0 Å². The second-order valence-electron chi connectivity index (χ2n) is 8.05. The van der Waals surface area contributed by atoms with Gasteiger partial charge in [-0.1, -0.05) is 30.3 Å². The van der Waals surface area contributed by atoms with E-state index in [4.69, 9.17) is 4.74 Å². The molecule has 0 radical (unpaired) electrons. The largest absolute Gasteiger partial charge is 0.458 e. The number of rotatable bonds is 4. The first-order valence-corrected chi connectivity index (χ1v) is 9.93. The number of nitrogens with one attached hydrogen (secondary N) is 1. The van der Waals surface area contributed by atoms with E-state index in [9.17, 15) is 9.59 Å². The Labute approximate surface area is 155 Å². The lowest BCUT2D eigenvalue weighted by Crippen LogP contribution is -2.49. The first kappa shape index (κ1) is 17.5. The van der Waals surface area contributed by atoms with Gasteiger partial charge in [0.2, 0.25) is 5.91 Å². The molecule has 2 saturated heterocycles. The highest BCUT2D eigenvalue weighted by molar-refractivity contribution is 5.88. The summed E-state index contributed by atoms with van der Waals surface area (Å²) < 4.78 is 5.61. The predicted molar refractivity (Wildman–Crippen MR) is 98.3 cm³/mol. The van der Waals surface area contributed by atoms with E-state index in [0.29, 0.717) is 0 Å². The van der Waals surface area contributed by atoms with Crippen LogP contribution in [0.4, 0.5) is 0 Å². The average Bonchev–Trinajstić information content (AvgIpc) is 3.24. The molecule has 1 aromatic carbocycles. The first-order valence-electron chi connectivity index (χ1n) is 9.93. The molecule has 2 aliphatic heterocycles. The molecule has 1 spiro atoms. The molecular weight excluding hydrogens is 328 g/mol. The van der Waals surface area contributed by atoms with Crippen molar-refractivity contribution in [1.29, 1.82) is 0 Å². The van der Waals surface area contributed by atoms with Crippen LogP contribution in [-0.2, 0) is 20.9 Å². The maximum absolute atomic E-state index is 12.8. The molecule has 1 amide bonds. The van der Waals surface area contributed by atoms with Crippen molar-refractivity contribution in [2.75, 3.05) is 13.1 Å². The van der Waals surface area contributed by atoms with E-state index in [0.717, 1.165) is 58.2 Å². The Kier molecular flexibility index (Phi) is 4.98. The van der Waals surface area contributed by atoms with Crippen molar-refractivity contribution < 1.29 is 14.3 Å². The minimum absolute atomic E-state index is 0.0271. The average molecular weight is 356 g/mol. The van der Waals surface area contributed by atoms with Gasteiger partial charge in [0.25, 0.3) is 0 Å². The van der Waals surface area contributed by atoms with Crippen LogP contribution in [-0.4, -0.2) is 41.5 Å². The molecule has 3 aliphatic rings. The minimum atomic E-state index is -0.505. The van der Waals surface area contributed by atoms with Gasteiger partial charge in [0.05, 0.1) is 12.3 Å². The van der Waals surface area contributed by atoms with E-state index in [-0.39, 0.29) is 30.3 Å². The lowest BCUT2D eigenvalue weighted by molar-refractivity contribution is -0.150. The Hall–Kier alpha value is -1.88. The lowest BCUT2D eigenvalue weighted by atomic mass is 9.84. The summed E-state index contributed by atoms with van der Waals surface area (Å²) in [5.74, 6) is -0.469. The monoisotopic (exact) mass is 356 g/mol. The van der Waals surface area contributed by atoms with Crippen molar-refractivity contribution in [3.05, 3.63) is 35.9 Å². The third-order valence-corrected chi connectivity index (χ3v) is 6.27. The zero-order chi connectivity index (χ0) is 18.0. The summed E-state index contributed by atoms with van der Waals surface area (Å²) >= 11 is 0. The fourth-order valence-corrected chi connectivity index (χ4v) is 4.83. The molecule has 2 heterocycles. The number of hydrogen-bond acceptors (Lipinski definition) is 4. The second-order valence-corrected chi connectivity index (χ2v) is 8.05. The van der Waals surface area contributed by atoms with Crippen LogP contribution in [0.5, 0.6) is 0 Å². The van der Waals surface area contributed by atoms with Crippen LogP contribution in [0, 0.1) is 5.92 Å². The second kappa shape index (κ2) is 7.39. The minimum Gasteiger partial charge on any atom is -0.458 e. The van der Waals surface area contributed by atoms with Gasteiger partial charge in [0.15, 0.2) is 0 Å². The van der Waals surface area contributed by atoms with Crippen molar-refractivity contribution in [3.63, 3.8) is 0 Å². The molecule has 1 N–H and O–H groups in total. The van der Waals surface area contributed by atoms with Gasteiger partial charge in [-0.15, -0.1) is 0 Å². The van der Waals surface area contributed by atoms with Crippen molar-refractivity contribution in [2.24, 2.45) is 5.92 Å². The molecule has 1 atom stereocenters. The van der Waals surface area contributed by atoms with Crippen molar-refractivity contribution in [2.45, 2.75) is 63.1 Å². The number of carbonyl (C=O) groups is 2. The van der Waals surface area contributed by atoms with E-state index in [2.05, 4.69) is 34.5 Å². The number of hydrogen-bond donors (Lipinski definition) is 1. The van der Waals surface area contributed by atoms with Gasteiger partial charge in [-0.25, -0.2) is 0 Å². The smallest absolute Gasteiger partial charge is 0.307 e. The van der Waals surface area contributed by atoms with Gasteiger partial charge in [0.1, 0.15) is 5.60 Å². The van der Waals surface area contributed by atoms with Crippen molar-refractivity contribution >= 4 is 11.9 Å². The molecule has 4 rings (SSSR count). The van der Waals surface area contributed by atoms with Gasteiger partial charge < -0.3 is 10.1 Å². The van der Waals surface area contributed by atoms with E-state index < -0.39 is 5.60 Å². The molecule has 5 nitrogen and oxygen atoms in total. The number of esters is 1. The van der Waals surface area contributed by atoms with Gasteiger partial charge in [0, 0.05) is 25.7 Å². The summed E-state index contributed by atoms with van der Waals surface area (Å²) in [6, 6.07) is 10.7. The normalized spacial score (nSPS) is 26.2. The molecule has 1 saturated carbocycles. The van der Waals surface area contributed by atoms with E-state index >= 15 is 0 Å². The van der Waals surface area contributed by atoms with Crippen LogP contribution in [0.3, 0.4) is 0 Å². The highest BCUT2D eigenvalue weighted by atomic mass is 16.6. The maximum Gasteiger partial charge on any atom is 0.307 e. The van der Waals surface area contributed by atoms with Crippen LogP contribution >= 0.6 is 0 Å². The Morgan fingerprint density at radius 2 is 1.85 bits per heavy atom. The highest BCUT2D eigenvalue weighted by Crippen LogP contribution is 2.45. The molecule has 0 bridgehead atoms. The summed E-state index contributed by atoms with van der Waals surface area (Å²) in [4.78, 5) is 27.1. The number of carbonyl (C=O) groups excluding carboxylic acids is 2. The zero-order valence-electron chi connectivity index (χ0n) is 15.3. The first-order chi connectivity index (χ1) is 12.6. The Morgan fingerprint density at radius 1 is 1.15 bits per heavy atom. The third kappa shape index (κ3) is 3.63. The van der Waals surface area contributed by atoms with Crippen LogP contribution in [0.15, 0.2) is 30.3 Å². The summed E-state index contributed by atoms with van der Waals surface area (Å²) in [6.07, 6.45) is 5.96. The van der Waals surface area contributed by atoms with Crippen LogP contribution in [0.2, 0.25) is 0 Å². The number of nitrogens with zero attached hydrogens (tertiary/aromatic N) is 1. The fraction of sp³-hybridized carbons (Fsp3) is 0.619. The fourth-order valence-electron chi connectivity index (χ4n) is 4.83. The van der Waals surface area contributed by atoms with Gasteiger partial charge >= 0.3 is 5.97 Å². The molecule has 3 fully saturated rings. The molecule has 0 aromatic heterocycles. The predicted octanol–water partition coefficient (Wildman–Crippen LogP) is 2.64. The van der Waals surface area contributed by atoms with Gasteiger partial charge in [-0.05, 0) is 44.1 Å². The SMILES string of the molecule is O=C1C[C@H](C(=O)NC2CCN(Cc3ccccc3)CC2)C2(CCCC2)O1. The number of benzene rings is 1. The molecule has 1 aromatic rings. The van der Waals surface area contributed by atoms with Crippen LogP contribution < -0.4 is 5.32 Å². The Balaban J connectivity index is 1.29. The number of amides is 1. The standard InChI is InChI=1S/C21H28N2O3/c24-19-14-18(21(26-19)10-4-5-11-21)20(25)22-17-8-12-23(13-9-17)15-16-6-2-1-3-7-16/h1-3,6-7,17-18H,4-5,8-15H2,(H,22,25)/t18-/m1/s1. The molecular formula is C21H28N2O3. The zero-order valence-corrected chi connectivity index (χ0v) is 15.3. The summed E-state index contributed by atoms with van der Waals surface area (Å²) in [6.45, 7) is 2.95. The summed E-state index contributed by atoms with van der Waals surface area (Å²) in [7, 11) is 0. The highest BCUT2D eigenvalue weighted by Gasteiger charge is 2.54. The van der Waals surface area contributed by atoms with Gasteiger partial charge in [-0.3, -0.25) is 14.5 Å². The molecule has 0 unspecified atom stereocenters. The Bertz CT molecular complexity index is 646. The Morgan fingerprint density at radius 3 is 2.54 bits per heavy atom. The summed E-state index contributed by atoms with van der Waals surface area (Å²) in [5, 5.41) is 3.22. The van der Waals surface area contributed by atoms with E-state index in [1.54, 1.807) is 0 Å². The molecule has 26 heavy (non-hydrogen) atoms. The van der Waals surface area contributed by atoms with Crippen molar-refractivity contribution in [3.8, 4) is 0 Å². The third-order valence-electron chi connectivity index (χ3n) is 6.27. The molecule has 1 aliphatic carbocycles. The van der Waals surface area contributed by atoms with Crippen molar-refractivity contribution in [1.82, 2.24) is 10.2 Å². The van der Waals surface area contributed by atoms with Gasteiger partial charge in [-0.2, -0.15) is 0 Å². The quantitative estimate of drug-likeness (QED) is 0.843. The lowest BCUT2D eigenvalue weighted by Gasteiger charge is -2.34. The summed E-state index contributed by atoms with van der Waals surface area (Å²) in [5.41, 5.74) is 0.828. The number of piperidine rings is 1. The number of likely N-dealkylation sites (tertiary alicyclic amines) is 1. The van der Waals surface area contributed by atoms with E-state index in [1.165, 1.54) is 5.56 Å². The number of ether oxygens (including phenoxy) is 1. The van der Waals surface area contributed by atoms with Crippen LogP contribution in [0.1, 0.15) is 50.5 Å². The maximum atomic E-state index is 12.8.